The second-order valence-electron chi connectivity index (χ2n) is 7.89. The summed E-state index contributed by atoms with van der Waals surface area (Å²) in [5.74, 6) is 0. The summed E-state index contributed by atoms with van der Waals surface area (Å²) < 4.78 is 5.23. The average molecular weight is 389 g/mol. The van der Waals surface area contributed by atoms with E-state index in [2.05, 4.69) is 34.2 Å². The number of hydrogen-bond acceptors (Lipinski definition) is 4. The van der Waals surface area contributed by atoms with Crippen molar-refractivity contribution in [3.8, 4) is 0 Å². The molecule has 0 radical (unpaired) electrons. The quantitative estimate of drug-likeness (QED) is 0.808. The number of methoxy groups -OCH3 is 1. The third-order valence-electron chi connectivity index (χ3n) is 6.04. The summed E-state index contributed by atoms with van der Waals surface area (Å²) in [6.07, 6.45) is 6.10. The fourth-order valence-corrected chi connectivity index (χ4v) is 4.33. The fourth-order valence-electron chi connectivity index (χ4n) is 4.33. The smallest absolute Gasteiger partial charge is 0.322 e. The highest BCUT2D eigenvalue weighted by Gasteiger charge is 2.28. The zero-order valence-corrected chi connectivity index (χ0v) is 17.5. The third kappa shape index (κ3) is 5.39. The lowest BCUT2D eigenvalue weighted by molar-refractivity contribution is 0.0652. The topological polar surface area (TPSA) is 48.1 Å². The Labute approximate surface area is 169 Å². The van der Waals surface area contributed by atoms with E-state index in [1.165, 1.54) is 25.7 Å². The van der Waals surface area contributed by atoms with Crippen LogP contribution in [0.1, 0.15) is 39.0 Å². The first-order chi connectivity index (χ1) is 13.7. The predicted molar refractivity (Wildman–Crippen MR) is 115 cm³/mol. The van der Waals surface area contributed by atoms with E-state index in [4.69, 9.17) is 4.74 Å². The summed E-state index contributed by atoms with van der Waals surface area (Å²) in [6.45, 7) is 8.46. The van der Waals surface area contributed by atoms with Crippen molar-refractivity contribution in [2.45, 2.75) is 45.1 Å². The highest BCUT2D eigenvalue weighted by Crippen LogP contribution is 2.28. The van der Waals surface area contributed by atoms with Crippen LogP contribution < -0.4 is 10.2 Å². The van der Waals surface area contributed by atoms with Crippen molar-refractivity contribution < 1.29 is 9.53 Å². The summed E-state index contributed by atoms with van der Waals surface area (Å²) in [7, 11) is 1.74. The molecule has 6 heteroatoms. The molecule has 2 aliphatic rings. The minimum Gasteiger partial charge on any atom is -0.383 e. The molecular formula is C22H36N4O2. The molecule has 1 atom stereocenters. The van der Waals surface area contributed by atoms with Crippen molar-refractivity contribution >= 4 is 17.4 Å². The number of carbonyl (C=O) groups excluding carboxylic acids is 1. The summed E-state index contributed by atoms with van der Waals surface area (Å²) >= 11 is 0. The largest absolute Gasteiger partial charge is 0.383 e. The second-order valence-corrected chi connectivity index (χ2v) is 7.89. The van der Waals surface area contributed by atoms with Gasteiger partial charge in [-0.15, -0.1) is 0 Å². The van der Waals surface area contributed by atoms with Gasteiger partial charge in [0.15, 0.2) is 0 Å². The van der Waals surface area contributed by atoms with Gasteiger partial charge in [0.2, 0.25) is 0 Å². The van der Waals surface area contributed by atoms with Crippen molar-refractivity contribution in [3.63, 3.8) is 0 Å². The molecule has 2 heterocycles. The van der Waals surface area contributed by atoms with Gasteiger partial charge in [-0.25, -0.2) is 4.79 Å². The van der Waals surface area contributed by atoms with E-state index in [1.807, 2.05) is 17.0 Å². The van der Waals surface area contributed by atoms with Crippen LogP contribution in [0, 0.1) is 0 Å². The summed E-state index contributed by atoms with van der Waals surface area (Å²) in [5.41, 5.74) is 2.09. The molecule has 156 valence electrons. The Morgan fingerprint density at radius 3 is 2.57 bits per heavy atom. The summed E-state index contributed by atoms with van der Waals surface area (Å²) in [5, 5.41) is 3.20. The Hall–Kier alpha value is -1.79. The number of carbonyl (C=O) groups is 1. The highest BCUT2D eigenvalue weighted by molar-refractivity contribution is 5.93. The normalized spacial score (nSPS) is 21.4. The molecular weight excluding hydrogens is 352 g/mol. The zero-order valence-electron chi connectivity index (χ0n) is 17.5. The lowest BCUT2D eigenvalue weighted by Gasteiger charge is -2.41. The molecule has 0 aromatic heterocycles. The van der Waals surface area contributed by atoms with Gasteiger partial charge in [0, 0.05) is 52.4 Å². The van der Waals surface area contributed by atoms with E-state index in [1.54, 1.807) is 7.11 Å². The molecule has 1 aromatic rings. The van der Waals surface area contributed by atoms with Crippen molar-refractivity contribution in [3.05, 3.63) is 24.3 Å². The van der Waals surface area contributed by atoms with Crippen LogP contribution in [0.4, 0.5) is 16.2 Å². The van der Waals surface area contributed by atoms with E-state index in [-0.39, 0.29) is 6.03 Å². The first-order valence-electron chi connectivity index (χ1n) is 10.9. The van der Waals surface area contributed by atoms with Crippen LogP contribution >= 0.6 is 0 Å². The molecule has 2 aliphatic heterocycles. The van der Waals surface area contributed by atoms with E-state index in [0.29, 0.717) is 6.04 Å². The molecule has 0 bridgehead atoms. The molecule has 3 rings (SSSR count). The van der Waals surface area contributed by atoms with Gasteiger partial charge >= 0.3 is 6.03 Å². The maximum absolute atomic E-state index is 13.0. The average Bonchev–Trinajstić information content (AvgIpc) is 3.02. The van der Waals surface area contributed by atoms with E-state index >= 15 is 0 Å². The Kier molecular flexibility index (Phi) is 7.98. The second kappa shape index (κ2) is 10.7. The van der Waals surface area contributed by atoms with Crippen LogP contribution in [-0.2, 0) is 4.74 Å². The number of benzene rings is 1. The first-order valence-corrected chi connectivity index (χ1v) is 10.9. The molecule has 2 fully saturated rings. The molecule has 1 aromatic carbocycles. The predicted octanol–water partition coefficient (Wildman–Crippen LogP) is 3.64. The number of para-hydroxylation sites is 2. The molecule has 0 saturated carbocycles. The number of hydrogen-bond donors (Lipinski definition) is 1. The van der Waals surface area contributed by atoms with Crippen LogP contribution in [0.5, 0.6) is 0 Å². The number of nitrogens with one attached hydrogen (secondary N) is 1. The number of ether oxygens (including phenoxy) is 1. The van der Waals surface area contributed by atoms with Crippen LogP contribution in [0.15, 0.2) is 24.3 Å². The number of urea groups is 1. The molecule has 1 N–H and O–H groups in total. The van der Waals surface area contributed by atoms with Crippen LogP contribution in [-0.4, -0.2) is 74.9 Å². The van der Waals surface area contributed by atoms with Crippen molar-refractivity contribution in [1.29, 1.82) is 0 Å². The SMILES string of the molecule is CCC1CN(C(=O)Nc2ccccc2N2CCCCCC2)CCN1CCOC. The number of piperazine rings is 1. The Morgan fingerprint density at radius 2 is 1.86 bits per heavy atom. The maximum atomic E-state index is 13.0. The monoisotopic (exact) mass is 388 g/mol. The lowest BCUT2D eigenvalue weighted by Crippen LogP contribution is -2.56. The Morgan fingerprint density at radius 1 is 1.11 bits per heavy atom. The van der Waals surface area contributed by atoms with Gasteiger partial charge in [0.25, 0.3) is 0 Å². The highest BCUT2D eigenvalue weighted by atomic mass is 16.5. The molecule has 28 heavy (non-hydrogen) atoms. The number of amides is 2. The fraction of sp³-hybridized carbons (Fsp3) is 0.682. The standard InChI is InChI=1S/C22H36N4O2/c1-3-19-18-26(15-14-24(19)16-17-28-2)22(27)23-20-10-6-7-11-21(20)25-12-8-4-5-9-13-25/h6-7,10-11,19H,3-5,8-9,12-18H2,1-2H3,(H,23,27). The van der Waals surface area contributed by atoms with Crippen LogP contribution in [0.25, 0.3) is 0 Å². The van der Waals surface area contributed by atoms with Crippen molar-refractivity contribution in [1.82, 2.24) is 9.80 Å². The van der Waals surface area contributed by atoms with Gasteiger partial charge in [-0.1, -0.05) is 31.9 Å². The zero-order chi connectivity index (χ0) is 19.8. The molecule has 1 unspecified atom stereocenters. The van der Waals surface area contributed by atoms with Gasteiger partial charge in [0.05, 0.1) is 18.0 Å². The van der Waals surface area contributed by atoms with Gasteiger partial charge in [-0.05, 0) is 31.4 Å². The molecule has 2 saturated heterocycles. The van der Waals surface area contributed by atoms with Gasteiger partial charge in [-0.3, -0.25) is 4.90 Å². The van der Waals surface area contributed by atoms with Crippen molar-refractivity contribution in [2.75, 3.05) is 63.2 Å². The van der Waals surface area contributed by atoms with Crippen LogP contribution in [0.2, 0.25) is 0 Å². The van der Waals surface area contributed by atoms with Gasteiger partial charge in [0.1, 0.15) is 0 Å². The van der Waals surface area contributed by atoms with Crippen molar-refractivity contribution in [2.24, 2.45) is 0 Å². The minimum atomic E-state index is 0.0205. The molecule has 0 spiro atoms. The molecule has 2 amide bonds. The van der Waals surface area contributed by atoms with E-state index in [9.17, 15) is 4.79 Å². The summed E-state index contributed by atoms with van der Waals surface area (Å²) in [6, 6.07) is 8.66. The molecule has 0 aliphatic carbocycles. The van der Waals surface area contributed by atoms with E-state index in [0.717, 1.165) is 63.7 Å². The maximum Gasteiger partial charge on any atom is 0.322 e. The molecule has 6 nitrogen and oxygen atoms in total. The lowest BCUT2D eigenvalue weighted by atomic mass is 10.1. The Bertz CT molecular complexity index is 616. The van der Waals surface area contributed by atoms with Crippen LogP contribution in [0.3, 0.4) is 0 Å². The minimum absolute atomic E-state index is 0.0205. The summed E-state index contributed by atoms with van der Waals surface area (Å²) in [4.78, 5) is 19.8. The first kappa shape index (κ1) is 20.9. The van der Waals surface area contributed by atoms with E-state index < -0.39 is 0 Å². The number of nitrogens with zero attached hydrogens (tertiary/aromatic N) is 3. The Balaban J connectivity index is 1.63. The third-order valence-corrected chi connectivity index (χ3v) is 6.04. The number of rotatable bonds is 6. The van der Waals surface area contributed by atoms with Gasteiger partial charge < -0.3 is 19.9 Å². The van der Waals surface area contributed by atoms with Gasteiger partial charge in [-0.2, -0.15) is 0 Å². The number of anilines is 2.